The van der Waals surface area contributed by atoms with E-state index in [0.717, 1.165) is 28.3 Å². The predicted molar refractivity (Wildman–Crippen MR) is 132 cm³/mol. The smallest absolute Gasteiger partial charge is 0.295 e. The summed E-state index contributed by atoms with van der Waals surface area (Å²) in [6.07, 6.45) is 3.02. The molecule has 4 rings (SSSR count). The monoisotopic (exact) mass is 486 g/mol. The predicted octanol–water partition coefficient (Wildman–Crippen LogP) is 3.76. The Hall–Kier alpha value is -3.11. The lowest BCUT2D eigenvalue weighted by Gasteiger charge is -2.20. The van der Waals surface area contributed by atoms with Crippen LogP contribution >= 0.6 is 11.8 Å². The summed E-state index contributed by atoms with van der Waals surface area (Å²) in [5.74, 6) is 1.56. The minimum absolute atomic E-state index is 0.0827. The van der Waals surface area contributed by atoms with E-state index in [-0.39, 0.29) is 11.4 Å². The molecule has 174 valence electrons. The van der Waals surface area contributed by atoms with Gasteiger partial charge in [0.05, 0.1) is 24.7 Å². The average molecular weight is 487 g/mol. The van der Waals surface area contributed by atoms with Crippen LogP contribution in [0.2, 0.25) is 0 Å². The number of methoxy groups -OCH3 is 1. The molecule has 0 aliphatic carbocycles. The molecule has 0 fully saturated rings. The number of hydrogen-bond donors (Lipinski definition) is 4. The maximum absolute atomic E-state index is 10.9. The lowest BCUT2D eigenvalue weighted by molar-refractivity contribution is 0.414. The SMILES string of the molecule is COc1cccc(Cc2cnc(N[C@@H](Cc3ccc(N[SH](=O)=O)cc3)C3=CSC(C)N3)o2)c1. The first-order valence-electron chi connectivity index (χ1n) is 10.4. The number of thioether (sulfide) groups is 1. The molecule has 10 heteroatoms. The number of oxazole rings is 1. The summed E-state index contributed by atoms with van der Waals surface area (Å²) in [5, 5.41) is 9.28. The van der Waals surface area contributed by atoms with Gasteiger partial charge in [-0.3, -0.25) is 4.72 Å². The zero-order valence-corrected chi connectivity index (χ0v) is 20.0. The fourth-order valence-electron chi connectivity index (χ4n) is 3.54. The van der Waals surface area contributed by atoms with Gasteiger partial charge < -0.3 is 19.8 Å². The third kappa shape index (κ3) is 6.45. The van der Waals surface area contributed by atoms with Gasteiger partial charge in [0.2, 0.25) is 10.9 Å². The number of hydrogen-bond acceptors (Lipinski definition) is 8. The van der Waals surface area contributed by atoms with Crippen LogP contribution in [0.15, 0.2) is 70.3 Å². The summed E-state index contributed by atoms with van der Waals surface area (Å²) in [4.78, 5) is 4.43. The van der Waals surface area contributed by atoms with Gasteiger partial charge in [-0.2, -0.15) is 0 Å². The van der Waals surface area contributed by atoms with Crippen LogP contribution in [0, 0.1) is 0 Å². The number of anilines is 2. The van der Waals surface area contributed by atoms with Crippen molar-refractivity contribution in [2.75, 3.05) is 17.1 Å². The number of aromatic nitrogens is 1. The van der Waals surface area contributed by atoms with Crippen molar-refractivity contribution in [1.29, 1.82) is 0 Å². The molecule has 2 heterocycles. The van der Waals surface area contributed by atoms with Crippen LogP contribution < -0.4 is 20.1 Å². The fraction of sp³-hybridized carbons (Fsp3) is 0.261. The van der Waals surface area contributed by atoms with Crippen LogP contribution in [0.4, 0.5) is 11.7 Å². The average Bonchev–Trinajstić information content (AvgIpc) is 3.43. The van der Waals surface area contributed by atoms with Gasteiger partial charge in [0, 0.05) is 17.8 Å². The van der Waals surface area contributed by atoms with E-state index >= 15 is 0 Å². The van der Waals surface area contributed by atoms with E-state index < -0.39 is 10.9 Å². The Labute approximate surface area is 198 Å². The number of thiol groups is 1. The van der Waals surface area contributed by atoms with E-state index in [1.165, 1.54) is 0 Å². The van der Waals surface area contributed by atoms with E-state index in [1.54, 1.807) is 37.2 Å². The highest BCUT2D eigenvalue weighted by Gasteiger charge is 2.23. The summed E-state index contributed by atoms with van der Waals surface area (Å²) in [7, 11) is -1.03. The van der Waals surface area contributed by atoms with Gasteiger partial charge >= 0.3 is 0 Å². The Kier molecular flexibility index (Phi) is 7.46. The van der Waals surface area contributed by atoms with Crippen LogP contribution in [-0.4, -0.2) is 31.9 Å². The van der Waals surface area contributed by atoms with Crippen molar-refractivity contribution in [3.8, 4) is 5.75 Å². The van der Waals surface area contributed by atoms with E-state index in [1.807, 2.05) is 36.4 Å². The van der Waals surface area contributed by atoms with Crippen LogP contribution in [-0.2, 0) is 23.7 Å². The normalized spacial score (nSPS) is 16.2. The van der Waals surface area contributed by atoms with Gasteiger partial charge in [-0.25, -0.2) is 13.4 Å². The Bertz CT molecular complexity index is 1180. The van der Waals surface area contributed by atoms with Gasteiger partial charge in [-0.05, 0) is 54.1 Å². The molecular weight excluding hydrogens is 460 g/mol. The van der Waals surface area contributed by atoms with Crippen LogP contribution in [0.1, 0.15) is 23.8 Å². The fourth-order valence-corrected chi connectivity index (χ4v) is 4.69. The maximum Gasteiger partial charge on any atom is 0.295 e. The lowest BCUT2D eigenvalue weighted by atomic mass is 10.0. The topological polar surface area (TPSA) is 105 Å². The highest BCUT2D eigenvalue weighted by molar-refractivity contribution is 8.02. The van der Waals surface area contributed by atoms with Crippen LogP contribution in [0.3, 0.4) is 0 Å². The molecular formula is C23H26N4O4S2. The third-order valence-electron chi connectivity index (χ3n) is 5.12. The van der Waals surface area contributed by atoms with Gasteiger partial charge in [0.15, 0.2) is 0 Å². The quantitative estimate of drug-likeness (QED) is 0.321. The second kappa shape index (κ2) is 10.7. The summed E-state index contributed by atoms with van der Waals surface area (Å²) in [6.45, 7) is 2.10. The number of nitrogens with zero attached hydrogens (tertiary/aromatic N) is 1. The van der Waals surface area contributed by atoms with Crippen LogP contribution in [0.5, 0.6) is 5.75 Å². The Morgan fingerprint density at radius 2 is 2.03 bits per heavy atom. The van der Waals surface area contributed by atoms with E-state index in [4.69, 9.17) is 9.15 Å². The Morgan fingerprint density at radius 1 is 1.21 bits per heavy atom. The number of rotatable bonds is 10. The molecule has 1 aromatic heterocycles. The molecule has 3 N–H and O–H groups in total. The number of ether oxygens (including phenoxy) is 1. The summed E-state index contributed by atoms with van der Waals surface area (Å²) in [5.41, 5.74) is 3.73. The molecule has 3 aromatic rings. The minimum Gasteiger partial charge on any atom is -0.497 e. The number of benzene rings is 2. The Morgan fingerprint density at radius 3 is 2.73 bits per heavy atom. The van der Waals surface area contributed by atoms with E-state index in [2.05, 4.69) is 32.7 Å². The number of nitrogens with one attached hydrogen (secondary N) is 3. The Balaban J connectivity index is 1.47. The van der Waals surface area contributed by atoms with Crippen molar-refractivity contribution < 1.29 is 17.6 Å². The molecule has 1 unspecified atom stereocenters. The summed E-state index contributed by atoms with van der Waals surface area (Å²) in [6, 6.07) is 15.6. The highest BCUT2D eigenvalue weighted by Crippen LogP contribution is 2.26. The van der Waals surface area contributed by atoms with Crippen LogP contribution in [0.25, 0.3) is 0 Å². The molecule has 0 saturated carbocycles. The van der Waals surface area contributed by atoms with E-state index in [0.29, 0.717) is 24.5 Å². The molecule has 0 saturated heterocycles. The first-order chi connectivity index (χ1) is 16.0. The first-order valence-corrected chi connectivity index (χ1v) is 12.6. The van der Waals surface area contributed by atoms with Gasteiger partial charge in [0.1, 0.15) is 11.5 Å². The maximum atomic E-state index is 10.9. The molecule has 0 spiro atoms. The lowest BCUT2D eigenvalue weighted by Crippen LogP contribution is -2.32. The van der Waals surface area contributed by atoms with Crippen molar-refractivity contribution in [1.82, 2.24) is 10.3 Å². The van der Waals surface area contributed by atoms with Crippen molar-refractivity contribution in [3.63, 3.8) is 0 Å². The molecule has 1 aliphatic heterocycles. The van der Waals surface area contributed by atoms with Gasteiger partial charge in [0.25, 0.3) is 6.01 Å². The van der Waals surface area contributed by atoms with Gasteiger partial charge in [-0.1, -0.05) is 24.3 Å². The van der Waals surface area contributed by atoms with Crippen molar-refractivity contribution in [2.24, 2.45) is 0 Å². The molecule has 0 bridgehead atoms. The molecule has 33 heavy (non-hydrogen) atoms. The summed E-state index contributed by atoms with van der Waals surface area (Å²) < 4.78 is 35.4. The summed E-state index contributed by atoms with van der Waals surface area (Å²) >= 11 is 1.72. The van der Waals surface area contributed by atoms with E-state index in [9.17, 15) is 8.42 Å². The molecule has 2 aromatic carbocycles. The first kappa shape index (κ1) is 23.1. The van der Waals surface area contributed by atoms with Gasteiger partial charge in [-0.15, -0.1) is 11.8 Å². The zero-order valence-electron chi connectivity index (χ0n) is 18.3. The van der Waals surface area contributed by atoms with Crippen molar-refractivity contribution >= 4 is 34.4 Å². The second-order valence-corrected chi connectivity index (χ2v) is 9.58. The zero-order chi connectivity index (χ0) is 23.2. The van der Waals surface area contributed by atoms with Crippen molar-refractivity contribution in [2.45, 2.75) is 31.2 Å². The second-order valence-electron chi connectivity index (χ2n) is 7.62. The molecule has 0 amide bonds. The third-order valence-corrected chi connectivity index (χ3v) is 6.48. The largest absolute Gasteiger partial charge is 0.497 e. The highest BCUT2D eigenvalue weighted by atomic mass is 32.2. The minimum atomic E-state index is -2.68. The molecule has 0 radical (unpaired) electrons. The standard InChI is InChI=1S/C23H26N4O4S2/c1-15-25-22(14-32-15)21(12-16-6-8-18(9-7-16)27-33(28)29)26-23-24-13-20(31-23)11-17-4-3-5-19(10-17)30-2/h3-10,13-15,21,25,33H,11-12H2,1-2H3,(H,24,26)(H,27,28,29)/t15?,21-/m0/s1. The molecule has 2 atom stereocenters. The van der Waals surface area contributed by atoms with Crippen molar-refractivity contribution in [3.05, 3.63) is 82.7 Å². The molecule has 8 nitrogen and oxygen atoms in total. The molecule has 1 aliphatic rings.